The van der Waals surface area contributed by atoms with Gasteiger partial charge in [-0.3, -0.25) is 0 Å². The van der Waals surface area contributed by atoms with Gasteiger partial charge in [-0.25, -0.2) is 4.98 Å². The molecule has 0 unspecified atom stereocenters. The first-order chi connectivity index (χ1) is 8.29. The predicted molar refractivity (Wildman–Crippen MR) is 69.8 cm³/mol. The zero-order valence-corrected chi connectivity index (χ0v) is 11.0. The number of nitrogens with one attached hydrogen (secondary N) is 1. The summed E-state index contributed by atoms with van der Waals surface area (Å²) < 4.78 is 2.07. The summed E-state index contributed by atoms with van der Waals surface area (Å²) in [7, 11) is 2.04. The van der Waals surface area contributed by atoms with E-state index in [0.29, 0.717) is 0 Å². The summed E-state index contributed by atoms with van der Waals surface area (Å²) in [6, 6.07) is 0. The molecule has 0 aromatic carbocycles. The number of rotatable bonds is 6. The summed E-state index contributed by atoms with van der Waals surface area (Å²) >= 11 is 0. The molecule has 1 atom stereocenters. The second kappa shape index (κ2) is 6.17. The zero-order chi connectivity index (χ0) is 12.1. The van der Waals surface area contributed by atoms with Crippen molar-refractivity contribution in [2.24, 2.45) is 13.0 Å². The lowest BCUT2D eigenvalue weighted by Crippen LogP contribution is -2.27. The summed E-state index contributed by atoms with van der Waals surface area (Å²) in [6.45, 7) is 8.14. The SMILES string of the molecule is CCCN1CC[C@@H](CNCc2cncn2C)C1. The molecule has 1 N–H and O–H groups in total. The van der Waals surface area contributed by atoms with Gasteiger partial charge in [0, 0.05) is 26.3 Å². The Morgan fingerprint density at radius 3 is 3.12 bits per heavy atom. The maximum Gasteiger partial charge on any atom is 0.0945 e. The molecule has 0 amide bonds. The van der Waals surface area contributed by atoms with E-state index in [9.17, 15) is 0 Å². The van der Waals surface area contributed by atoms with Crippen LogP contribution in [0.4, 0.5) is 0 Å². The van der Waals surface area contributed by atoms with Gasteiger partial charge in [-0.15, -0.1) is 0 Å². The maximum absolute atomic E-state index is 4.12. The molecule has 2 rings (SSSR count). The van der Waals surface area contributed by atoms with Crippen LogP contribution < -0.4 is 5.32 Å². The fraction of sp³-hybridized carbons (Fsp3) is 0.769. The Morgan fingerprint density at radius 1 is 1.53 bits per heavy atom. The average Bonchev–Trinajstić information content (AvgIpc) is 2.90. The van der Waals surface area contributed by atoms with E-state index < -0.39 is 0 Å². The van der Waals surface area contributed by atoms with Crippen molar-refractivity contribution in [2.75, 3.05) is 26.2 Å². The third kappa shape index (κ3) is 3.54. The average molecular weight is 236 g/mol. The Kier molecular flexibility index (Phi) is 4.57. The van der Waals surface area contributed by atoms with Crippen LogP contribution in [0.3, 0.4) is 0 Å². The van der Waals surface area contributed by atoms with E-state index in [-0.39, 0.29) is 0 Å². The van der Waals surface area contributed by atoms with E-state index in [1.165, 1.54) is 38.2 Å². The molecule has 1 aliphatic heterocycles. The maximum atomic E-state index is 4.12. The van der Waals surface area contributed by atoms with Crippen molar-refractivity contribution >= 4 is 0 Å². The van der Waals surface area contributed by atoms with Crippen molar-refractivity contribution in [3.05, 3.63) is 18.2 Å². The van der Waals surface area contributed by atoms with Crippen molar-refractivity contribution < 1.29 is 0 Å². The van der Waals surface area contributed by atoms with E-state index in [1.54, 1.807) is 0 Å². The predicted octanol–water partition coefficient (Wildman–Crippen LogP) is 1.24. The molecule has 4 nitrogen and oxygen atoms in total. The smallest absolute Gasteiger partial charge is 0.0945 e. The molecule has 0 spiro atoms. The molecule has 0 radical (unpaired) electrons. The Bertz CT molecular complexity index is 334. The molecule has 17 heavy (non-hydrogen) atoms. The highest BCUT2D eigenvalue weighted by atomic mass is 15.1. The van der Waals surface area contributed by atoms with Crippen molar-refractivity contribution in [3.63, 3.8) is 0 Å². The van der Waals surface area contributed by atoms with Crippen LogP contribution in [0.2, 0.25) is 0 Å². The zero-order valence-electron chi connectivity index (χ0n) is 11.0. The van der Waals surface area contributed by atoms with Crippen LogP contribution in [-0.4, -0.2) is 40.6 Å². The first kappa shape index (κ1) is 12.6. The first-order valence-corrected chi connectivity index (χ1v) is 6.68. The standard InChI is InChI=1S/C13H24N4/c1-3-5-17-6-4-12(10-17)7-14-8-13-9-15-11-16(13)2/h9,11-12,14H,3-8,10H2,1-2H3/t12-/m0/s1. The van der Waals surface area contributed by atoms with Crippen LogP contribution in [0, 0.1) is 5.92 Å². The summed E-state index contributed by atoms with van der Waals surface area (Å²) in [5.74, 6) is 0.828. The van der Waals surface area contributed by atoms with Gasteiger partial charge < -0.3 is 14.8 Å². The van der Waals surface area contributed by atoms with E-state index in [1.807, 2.05) is 19.6 Å². The van der Waals surface area contributed by atoms with Crippen molar-refractivity contribution in [3.8, 4) is 0 Å². The third-order valence-electron chi connectivity index (χ3n) is 3.57. The molecular weight excluding hydrogens is 212 g/mol. The van der Waals surface area contributed by atoms with Gasteiger partial charge in [0.2, 0.25) is 0 Å². The molecule has 1 aliphatic rings. The fourth-order valence-electron chi connectivity index (χ4n) is 2.56. The highest BCUT2D eigenvalue weighted by Crippen LogP contribution is 2.15. The molecule has 1 fully saturated rings. The van der Waals surface area contributed by atoms with Gasteiger partial charge in [-0.1, -0.05) is 6.92 Å². The normalized spacial score (nSPS) is 21.2. The Morgan fingerprint density at radius 2 is 2.41 bits per heavy atom. The number of imidazole rings is 1. The number of hydrogen-bond donors (Lipinski definition) is 1. The Balaban J connectivity index is 1.65. The largest absolute Gasteiger partial charge is 0.337 e. The Labute approximate surface area is 104 Å². The van der Waals surface area contributed by atoms with Gasteiger partial charge in [0.1, 0.15) is 0 Å². The molecule has 1 aromatic rings. The number of likely N-dealkylation sites (tertiary alicyclic amines) is 1. The molecule has 2 heterocycles. The highest BCUT2D eigenvalue weighted by molar-refractivity contribution is 4.96. The number of aromatic nitrogens is 2. The Hall–Kier alpha value is -0.870. The molecular formula is C13H24N4. The van der Waals surface area contributed by atoms with Crippen molar-refractivity contribution in [2.45, 2.75) is 26.3 Å². The molecule has 0 saturated carbocycles. The first-order valence-electron chi connectivity index (χ1n) is 6.68. The minimum atomic E-state index is 0.828. The fourth-order valence-corrected chi connectivity index (χ4v) is 2.56. The van der Waals surface area contributed by atoms with Crippen LogP contribution in [0.5, 0.6) is 0 Å². The quantitative estimate of drug-likeness (QED) is 0.807. The molecule has 0 aliphatic carbocycles. The van der Waals surface area contributed by atoms with E-state index >= 15 is 0 Å². The summed E-state index contributed by atoms with van der Waals surface area (Å²) in [6.07, 6.45) is 6.41. The van der Waals surface area contributed by atoms with Crippen LogP contribution in [0.1, 0.15) is 25.5 Å². The van der Waals surface area contributed by atoms with Crippen LogP contribution in [0.15, 0.2) is 12.5 Å². The van der Waals surface area contributed by atoms with Gasteiger partial charge in [0.25, 0.3) is 0 Å². The molecule has 1 saturated heterocycles. The van der Waals surface area contributed by atoms with Crippen LogP contribution in [0.25, 0.3) is 0 Å². The molecule has 4 heteroatoms. The summed E-state index contributed by atoms with van der Waals surface area (Å²) in [4.78, 5) is 6.70. The summed E-state index contributed by atoms with van der Waals surface area (Å²) in [5.41, 5.74) is 1.26. The van der Waals surface area contributed by atoms with Crippen LogP contribution in [-0.2, 0) is 13.6 Å². The van der Waals surface area contributed by atoms with Gasteiger partial charge in [-0.05, 0) is 38.4 Å². The lowest BCUT2D eigenvalue weighted by Gasteiger charge is -2.15. The van der Waals surface area contributed by atoms with Crippen molar-refractivity contribution in [1.82, 2.24) is 19.8 Å². The van der Waals surface area contributed by atoms with E-state index in [0.717, 1.165) is 19.0 Å². The molecule has 1 aromatic heterocycles. The second-order valence-corrected chi connectivity index (χ2v) is 5.08. The van der Waals surface area contributed by atoms with Gasteiger partial charge in [0.15, 0.2) is 0 Å². The number of nitrogens with zero attached hydrogens (tertiary/aromatic N) is 3. The van der Waals surface area contributed by atoms with Crippen LogP contribution >= 0.6 is 0 Å². The minimum Gasteiger partial charge on any atom is -0.337 e. The monoisotopic (exact) mass is 236 g/mol. The minimum absolute atomic E-state index is 0.828. The van der Waals surface area contributed by atoms with Crippen molar-refractivity contribution in [1.29, 1.82) is 0 Å². The third-order valence-corrected chi connectivity index (χ3v) is 3.57. The van der Waals surface area contributed by atoms with E-state index in [2.05, 4.69) is 26.7 Å². The lowest BCUT2D eigenvalue weighted by molar-refractivity contribution is 0.322. The summed E-state index contributed by atoms with van der Waals surface area (Å²) in [5, 5.41) is 3.55. The molecule has 96 valence electrons. The van der Waals surface area contributed by atoms with Gasteiger partial charge >= 0.3 is 0 Å². The van der Waals surface area contributed by atoms with Gasteiger partial charge in [-0.2, -0.15) is 0 Å². The number of aryl methyl sites for hydroxylation is 1. The lowest BCUT2D eigenvalue weighted by atomic mass is 10.1. The van der Waals surface area contributed by atoms with Gasteiger partial charge in [0.05, 0.1) is 12.0 Å². The van der Waals surface area contributed by atoms with E-state index in [4.69, 9.17) is 0 Å². The molecule has 0 bridgehead atoms. The number of hydrogen-bond acceptors (Lipinski definition) is 3. The highest BCUT2D eigenvalue weighted by Gasteiger charge is 2.20. The topological polar surface area (TPSA) is 33.1 Å². The second-order valence-electron chi connectivity index (χ2n) is 5.08.